The Kier molecular flexibility index (Phi) is 5.97. The zero-order valence-corrected chi connectivity index (χ0v) is 15.1. The van der Waals surface area contributed by atoms with Crippen molar-refractivity contribution in [1.29, 1.82) is 0 Å². The van der Waals surface area contributed by atoms with E-state index in [1.54, 1.807) is 5.56 Å². The van der Waals surface area contributed by atoms with Gasteiger partial charge in [-0.2, -0.15) is 0 Å². The molecule has 0 bridgehead atoms. The van der Waals surface area contributed by atoms with Crippen LogP contribution in [-0.2, 0) is 0 Å². The first kappa shape index (κ1) is 16.8. The first-order valence-electron chi connectivity index (χ1n) is 10.1. The minimum absolute atomic E-state index is 0.659. The summed E-state index contributed by atoms with van der Waals surface area (Å²) in [6.45, 7) is 4.63. The van der Waals surface area contributed by atoms with E-state index in [9.17, 15) is 0 Å². The lowest BCUT2D eigenvalue weighted by Gasteiger charge is -2.29. The highest BCUT2D eigenvalue weighted by Gasteiger charge is 2.22. The van der Waals surface area contributed by atoms with Crippen molar-refractivity contribution in [2.75, 3.05) is 0 Å². The highest BCUT2D eigenvalue weighted by Crippen LogP contribution is 2.38. The van der Waals surface area contributed by atoms with Gasteiger partial charge in [-0.1, -0.05) is 63.1 Å². The second-order valence-electron chi connectivity index (χ2n) is 7.91. The summed E-state index contributed by atoms with van der Waals surface area (Å²) in [4.78, 5) is 0. The summed E-state index contributed by atoms with van der Waals surface area (Å²) in [5.74, 6) is 3.31. The molecule has 2 aliphatic rings. The van der Waals surface area contributed by atoms with E-state index in [0.29, 0.717) is 5.92 Å². The number of hydrogen-bond donors (Lipinski definition) is 0. The Morgan fingerprint density at radius 2 is 1.48 bits per heavy atom. The summed E-state index contributed by atoms with van der Waals surface area (Å²) in [6.07, 6.45) is 17.4. The highest BCUT2D eigenvalue weighted by molar-refractivity contribution is 5.31. The lowest BCUT2D eigenvalue weighted by atomic mass is 9.76. The minimum atomic E-state index is 0.659. The quantitative estimate of drug-likeness (QED) is 0.503. The van der Waals surface area contributed by atoms with Crippen molar-refractivity contribution in [1.82, 2.24) is 0 Å². The van der Waals surface area contributed by atoms with Gasteiger partial charge in [0.05, 0.1) is 0 Å². The first-order chi connectivity index (χ1) is 11.3. The van der Waals surface area contributed by atoms with Crippen LogP contribution in [0.4, 0.5) is 0 Å². The van der Waals surface area contributed by atoms with Gasteiger partial charge in [0.1, 0.15) is 0 Å². The molecule has 0 heterocycles. The molecule has 2 aliphatic carbocycles. The molecule has 2 atom stereocenters. The predicted octanol–water partition coefficient (Wildman–Crippen LogP) is 7.22. The Labute approximate surface area is 143 Å². The predicted molar refractivity (Wildman–Crippen MR) is 101 cm³/mol. The van der Waals surface area contributed by atoms with Crippen LogP contribution in [0.25, 0.3) is 0 Å². The SMILES string of the molecule is CCCC1CCC(c2ccc(C3C=CC(CC)CC3)cc2)CC1. The van der Waals surface area contributed by atoms with Crippen molar-refractivity contribution in [2.24, 2.45) is 11.8 Å². The second-order valence-corrected chi connectivity index (χ2v) is 7.91. The maximum absolute atomic E-state index is 2.46. The molecule has 2 unspecified atom stereocenters. The molecule has 126 valence electrons. The molecule has 1 saturated carbocycles. The van der Waals surface area contributed by atoms with Gasteiger partial charge in [0.25, 0.3) is 0 Å². The zero-order valence-electron chi connectivity index (χ0n) is 15.1. The van der Waals surface area contributed by atoms with Crippen molar-refractivity contribution in [2.45, 2.75) is 83.5 Å². The van der Waals surface area contributed by atoms with Crippen LogP contribution in [0.1, 0.15) is 94.6 Å². The van der Waals surface area contributed by atoms with E-state index in [2.05, 4.69) is 50.3 Å². The molecule has 0 saturated heterocycles. The topological polar surface area (TPSA) is 0 Å². The van der Waals surface area contributed by atoms with E-state index in [0.717, 1.165) is 17.8 Å². The average Bonchev–Trinajstić information content (AvgIpc) is 2.63. The lowest BCUT2D eigenvalue weighted by molar-refractivity contribution is 0.308. The van der Waals surface area contributed by atoms with Gasteiger partial charge in [-0.3, -0.25) is 0 Å². The molecule has 1 aromatic carbocycles. The molecule has 1 aromatic rings. The van der Waals surface area contributed by atoms with Crippen LogP contribution in [0, 0.1) is 11.8 Å². The molecule has 0 N–H and O–H groups in total. The van der Waals surface area contributed by atoms with E-state index < -0.39 is 0 Å². The molecule has 23 heavy (non-hydrogen) atoms. The van der Waals surface area contributed by atoms with Crippen molar-refractivity contribution in [3.8, 4) is 0 Å². The van der Waals surface area contributed by atoms with Gasteiger partial charge in [-0.15, -0.1) is 0 Å². The molecule has 0 aromatic heterocycles. The number of rotatable bonds is 5. The first-order valence-corrected chi connectivity index (χ1v) is 10.1. The summed E-state index contributed by atoms with van der Waals surface area (Å²) in [5, 5.41) is 0. The van der Waals surface area contributed by atoms with E-state index >= 15 is 0 Å². The number of allylic oxidation sites excluding steroid dienone is 2. The Bertz CT molecular complexity index is 487. The van der Waals surface area contributed by atoms with Crippen molar-refractivity contribution in [3.63, 3.8) is 0 Å². The van der Waals surface area contributed by atoms with Crippen LogP contribution in [0.5, 0.6) is 0 Å². The van der Waals surface area contributed by atoms with Crippen LogP contribution in [0.3, 0.4) is 0 Å². The lowest BCUT2D eigenvalue weighted by Crippen LogP contribution is -2.13. The monoisotopic (exact) mass is 310 g/mol. The zero-order chi connectivity index (χ0) is 16.1. The summed E-state index contributed by atoms with van der Waals surface area (Å²) in [6, 6.07) is 9.68. The van der Waals surface area contributed by atoms with Gasteiger partial charge in [-0.05, 0) is 73.8 Å². The van der Waals surface area contributed by atoms with Gasteiger partial charge in [0.15, 0.2) is 0 Å². The minimum Gasteiger partial charge on any atom is -0.0848 e. The molecular weight excluding hydrogens is 276 g/mol. The summed E-state index contributed by atoms with van der Waals surface area (Å²) < 4.78 is 0. The average molecular weight is 311 g/mol. The van der Waals surface area contributed by atoms with Crippen molar-refractivity contribution >= 4 is 0 Å². The fraction of sp³-hybridized carbons (Fsp3) is 0.652. The third-order valence-corrected chi connectivity index (χ3v) is 6.37. The van der Waals surface area contributed by atoms with Crippen LogP contribution in [-0.4, -0.2) is 0 Å². The van der Waals surface area contributed by atoms with E-state index in [1.165, 1.54) is 63.4 Å². The van der Waals surface area contributed by atoms with Gasteiger partial charge in [0.2, 0.25) is 0 Å². The van der Waals surface area contributed by atoms with Gasteiger partial charge in [0, 0.05) is 5.92 Å². The maximum Gasteiger partial charge on any atom is 0.00182 e. The van der Waals surface area contributed by atoms with Gasteiger partial charge in [-0.25, -0.2) is 0 Å². The normalized spacial score (nSPS) is 31.2. The van der Waals surface area contributed by atoms with Crippen LogP contribution < -0.4 is 0 Å². The van der Waals surface area contributed by atoms with Crippen LogP contribution in [0.15, 0.2) is 36.4 Å². The Hall–Kier alpha value is -1.04. The summed E-state index contributed by atoms with van der Waals surface area (Å²) in [5.41, 5.74) is 3.12. The molecule has 0 nitrogen and oxygen atoms in total. The molecule has 3 rings (SSSR count). The fourth-order valence-corrected chi connectivity index (χ4v) is 4.70. The summed E-state index contributed by atoms with van der Waals surface area (Å²) >= 11 is 0. The van der Waals surface area contributed by atoms with E-state index in [4.69, 9.17) is 0 Å². The smallest absolute Gasteiger partial charge is 0.00182 e. The number of hydrogen-bond acceptors (Lipinski definition) is 0. The molecule has 0 heteroatoms. The molecular formula is C23H34. The fourth-order valence-electron chi connectivity index (χ4n) is 4.70. The van der Waals surface area contributed by atoms with E-state index in [1.807, 2.05) is 0 Å². The number of benzene rings is 1. The van der Waals surface area contributed by atoms with Gasteiger partial charge >= 0.3 is 0 Å². The van der Waals surface area contributed by atoms with E-state index in [-0.39, 0.29) is 0 Å². The molecule has 0 radical (unpaired) electrons. The van der Waals surface area contributed by atoms with Gasteiger partial charge < -0.3 is 0 Å². The highest BCUT2D eigenvalue weighted by atomic mass is 14.3. The van der Waals surface area contributed by atoms with Crippen molar-refractivity contribution in [3.05, 3.63) is 47.5 Å². The Balaban J connectivity index is 1.58. The molecule has 0 amide bonds. The maximum atomic E-state index is 2.46. The largest absolute Gasteiger partial charge is 0.0848 e. The molecule has 1 fully saturated rings. The van der Waals surface area contributed by atoms with Crippen LogP contribution in [0.2, 0.25) is 0 Å². The van der Waals surface area contributed by atoms with Crippen LogP contribution >= 0.6 is 0 Å². The van der Waals surface area contributed by atoms with Crippen molar-refractivity contribution < 1.29 is 0 Å². The second kappa shape index (κ2) is 8.18. The molecule has 0 spiro atoms. The molecule has 0 aliphatic heterocycles. The Morgan fingerprint density at radius 1 is 0.783 bits per heavy atom. The summed E-state index contributed by atoms with van der Waals surface area (Å²) in [7, 11) is 0. The third kappa shape index (κ3) is 4.28. The Morgan fingerprint density at radius 3 is 2.04 bits per heavy atom. The third-order valence-electron chi connectivity index (χ3n) is 6.37. The standard InChI is InChI=1S/C23H34/c1-3-5-19-8-12-21(13-9-19)23-16-14-22(15-17-23)20-10-6-18(4-2)7-11-20/h6,10,14-21H,3-5,7-9,11-13H2,1-2H3.